The van der Waals surface area contributed by atoms with Crippen molar-refractivity contribution in [2.75, 3.05) is 6.54 Å². The van der Waals surface area contributed by atoms with Crippen molar-refractivity contribution in [3.05, 3.63) is 45.8 Å². The quantitative estimate of drug-likeness (QED) is 0.857. The number of carbonyl (C=O) groups excluding carboxylic acids is 1. The molecule has 2 rings (SSSR count). The number of halogens is 2. The summed E-state index contributed by atoms with van der Waals surface area (Å²) in [5.74, 6) is -0.0881. The van der Waals surface area contributed by atoms with Gasteiger partial charge in [0.05, 0.1) is 4.88 Å². The molecule has 0 aliphatic carbocycles. The number of nitrogens with two attached hydrogens (primary N) is 1. The number of amides is 1. The molecule has 1 aromatic carbocycles. The second-order valence-electron chi connectivity index (χ2n) is 5.80. The van der Waals surface area contributed by atoms with E-state index in [-0.39, 0.29) is 18.3 Å². The predicted octanol–water partition coefficient (Wildman–Crippen LogP) is 4.27. The van der Waals surface area contributed by atoms with Crippen LogP contribution < -0.4 is 11.1 Å². The maximum absolute atomic E-state index is 12.2. The molecular weight excluding hydrogens is 339 g/mol. The zero-order valence-electron chi connectivity index (χ0n) is 12.8. The highest BCUT2D eigenvalue weighted by Crippen LogP contribution is 2.33. The molecular formula is C16H20Cl2N2OS. The van der Waals surface area contributed by atoms with Crippen molar-refractivity contribution in [1.82, 2.24) is 5.32 Å². The molecule has 0 atom stereocenters. The number of benzene rings is 1. The van der Waals surface area contributed by atoms with Gasteiger partial charge in [-0.3, -0.25) is 4.79 Å². The van der Waals surface area contributed by atoms with Crippen molar-refractivity contribution in [2.45, 2.75) is 26.3 Å². The van der Waals surface area contributed by atoms with Gasteiger partial charge in [0.2, 0.25) is 0 Å². The summed E-state index contributed by atoms with van der Waals surface area (Å²) in [6.45, 7) is 6.19. The number of hydrogen-bond donors (Lipinski definition) is 2. The van der Waals surface area contributed by atoms with Gasteiger partial charge >= 0.3 is 0 Å². The first-order valence-corrected chi connectivity index (χ1v) is 7.89. The summed E-state index contributed by atoms with van der Waals surface area (Å²) in [5, 5.41) is 3.55. The van der Waals surface area contributed by atoms with Gasteiger partial charge in [-0.15, -0.1) is 23.7 Å². The molecule has 0 saturated carbocycles. The molecule has 0 fully saturated rings. The molecule has 0 saturated heterocycles. The van der Waals surface area contributed by atoms with Gasteiger partial charge in [-0.2, -0.15) is 0 Å². The average Bonchev–Trinajstić information content (AvgIpc) is 2.77. The van der Waals surface area contributed by atoms with Gasteiger partial charge in [0, 0.05) is 22.0 Å². The van der Waals surface area contributed by atoms with E-state index in [2.05, 4.69) is 5.32 Å². The van der Waals surface area contributed by atoms with Crippen LogP contribution in [0.15, 0.2) is 30.3 Å². The summed E-state index contributed by atoms with van der Waals surface area (Å²) in [7, 11) is 0. The third kappa shape index (κ3) is 4.99. The molecule has 0 radical (unpaired) electrons. The summed E-state index contributed by atoms with van der Waals surface area (Å²) in [4.78, 5) is 13.9. The lowest BCUT2D eigenvalue weighted by atomic mass is 10.1. The Morgan fingerprint density at radius 3 is 2.64 bits per heavy atom. The molecule has 1 aromatic heterocycles. The molecule has 3 N–H and O–H groups in total. The fourth-order valence-electron chi connectivity index (χ4n) is 1.91. The van der Waals surface area contributed by atoms with E-state index in [1.165, 1.54) is 11.3 Å². The predicted molar refractivity (Wildman–Crippen MR) is 97.3 cm³/mol. The number of rotatable bonds is 4. The van der Waals surface area contributed by atoms with Gasteiger partial charge in [0.25, 0.3) is 5.91 Å². The second kappa shape index (κ2) is 7.47. The first-order valence-electron chi connectivity index (χ1n) is 6.70. The van der Waals surface area contributed by atoms with Crippen molar-refractivity contribution in [2.24, 2.45) is 5.73 Å². The van der Waals surface area contributed by atoms with Crippen LogP contribution in [-0.2, 0) is 0 Å². The van der Waals surface area contributed by atoms with Gasteiger partial charge in [0.1, 0.15) is 0 Å². The summed E-state index contributed by atoms with van der Waals surface area (Å²) < 4.78 is 0. The molecule has 120 valence electrons. The molecule has 0 bridgehead atoms. The highest BCUT2D eigenvalue weighted by Gasteiger charge is 2.17. The van der Waals surface area contributed by atoms with E-state index < -0.39 is 5.54 Å². The highest BCUT2D eigenvalue weighted by atomic mass is 35.5. The van der Waals surface area contributed by atoms with E-state index in [0.29, 0.717) is 16.4 Å². The number of thiophene rings is 1. The van der Waals surface area contributed by atoms with Crippen LogP contribution in [0.2, 0.25) is 5.02 Å². The van der Waals surface area contributed by atoms with E-state index >= 15 is 0 Å². The number of hydrogen-bond acceptors (Lipinski definition) is 3. The van der Waals surface area contributed by atoms with E-state index in [9.17, 15) is 4.79 Å². The third-order valence-electron chi connectivity index (χ3n) is 2.93. The largest absolute Gasteiger partial charge is 0.350 e. The number of aryl methyl sites for hydroxylation is 1. The van der Waals surface area contributed by atoms with Crippen LogP contribution in [0, 0.1) is 6.92 Å². The average molecular weight is 359 g/mol. The van der Waals surface area contributed by atoms with E-state index in [1.807, 2.05) is 51.1 Å². The maximum atomic E-state index is 12.2. The maximum Gasteiger partial charge on any atom is 0.261 e. The molecule has 0 aliphatic rings. The summed E-state index contributed by atoms with van der Waals surface area (Å²) >= 11 is 7.50. The van der Waals surface area contributed by atoms with Crippen molar-refractivity contribution in [1.29, 1.82) is 0 Å². The lowest BCUT2D eigenvalue weighted by Gasteiger charge is -2.18. The number of nitrogens with one attached hydrogen (secondary N) is 1. The van der Waals surface area contributed by atoms with Gasteiger partial charge in [-0.1, -0.05) is 23.7 Å². The zero-order chi connectivity index (χ0) is 15.6. The van der Waals surface area contributed by atoms with E-state index in [4.69, 9.17) is 17.3 Å². The molecule has 0 aliphatic heterocycles. The van der Waals surface area contributed by atoms with Gasteiger partial charge in [0.15, 0.2) is 0 Å². The van der Waals surface area contributed by atoms with Crippen LogP contribution in [0.1, 0.15) is 29.1 Å². The lowest BCUT2D eigenvalue weighted by molar-refractivity contribution is 0.0950. The standard InChI is InChI=1S/C16H19ClN2OS.ClH/c1-10-7-13(15(20)19-9-16(2,3)18)21-14(10)11-5-4-6-12(17)8-11;/h4-8H,9,18H2,1-3H3,(H,19,20);1H. The van der Waals surface area contributed by atoms with Crippen LogP contribution in [0.3, 0.4) is 0 Å². The highest BCUT2D eigenvalue weighted by molar-refractivity contribution is 7.17. The number of carbonyl (C=O) groups is 1. The molecule has 6 heteroatoms. The second-order valence-corrected chi connectivity index (χ2v) is 7.29. The molecule has 0 unspecified atom stereocenters. The van der Waals surface area contributed by atoms with Crippen LogP contribution in [0.25, 0.3) is 10.4 Å². The molecule has 22 heavy (non-hydrogen) atoms. The topological polar surface area (TPSA) is 55.1 Å². The minimum atomic E-state index is -0.419. The SMILES string of the molecule is Cc1cc(C(=O)NCC(C)(C)N)sc1-c1cccc(Cl)c1.Cl. The Morgan fingerprint density at radius 1 is 1.36 bits per heavy atom. The monoisotopic (exact) mass is 358 g/mol. The van der Waals surface area contributed by atoms with E-state index in [1.54, 1.807) is 0 Å². The summed E-state index contributed by atoms with van der Waals surface area (Å²) in [6.07, 6.45) is 0. The van der Waals surface area contributed by atoms with Gasteiger partial charge in [-0.25, -0.2) is 0 Å². The van der Waals surface area contributed by atoms with Crippen molar-refractivity contribution in [3.8, 4) is 10.4 Å². The smallest absolute Gasteiger partial charge is 0.261 e. The fraction of sp³-hybridized carbons (Fsp3) is 0.312. The fourth-order valence-corrected chi connectivity index (χ4v) is 3.18. The Bertz CT molecular complexity index is 662. The molecule has 0 spiro atoms. The summed E-state index contributed by atoms with van der Waals surface area (Å²) in [5.41, 5.74) is 7.56. The Balaban J connectivity index is 0.00000242. The van der Waals surface area contributed by atoms with Crippen LogP contribution >= 0.6 is 35.3 Å². The van der Waals surface area contributed by atoms with Crippen molar-refractivity contribution in [3.63, 3.8) is 0 Å². The Morgan fingerprint density at radius 2 is 2.05 bits per heavy atom. The van der Waals surface area contributed by atoms with Gasteiger partial charge in [-0.05, 0) is 50.1 Å². The van der Waals surface area contributed by atoms with E-state index in [0.717, 1.165) is 16.0 Å². The van der Waals surface area contributed by atoms with Crippen LogP contribution in [0.5, 0.6) is 0 Å². The van der Waals surface area contributed by atoms with Crippen LogP contribution in [-0.4, -0.2) is 18.0 Å². The molecule has 1 amide bonds. The normalized spacial score (nSPS) is 11.0. The summed E-state index contributed by atoms with van der Waals surface area (Å²) in [6, 6.07) is 9.55. The van der Waals surface area contributed by atoms with Crippen molar-refractivity contribution < 1.29 is 4.79 Å². The Kier molecular flexibility index (Phi) is 6.44. The van der Waals surface area contributed by atoms with Crippen molar-refractivity contribution >= 4 is 41.3 Å². The third-order valence-corrected chi connectivity index (χ3v) is 4.45. The lowest BCUT2D eigenvalue weighted by Crippen LogP contribution is -2.44. The van der Waals surface area contributed by atoms with Crippen LogP contribution in [0.4, 0.5) is 0 Å². The zero-order valence-corrected chi connectivity index (χ0v) is 15.2. The molecule has 3 nitrogen and oxygen atoms in total. The Hall–Kier alpha value is -1.07. The minimum absolute atomic E-state index is 0. The minimum Gasteiger partial charge on any atom is -0.350 e. The van der Waals surface area contributed by atoms with Gasteiger partial charge < -0.3 is 11.1 Å². The Labute approximate surface area is 146 Å². The first-order chi connectivity index (χ1) is 9.76. The first kappa shape index (κ1) is 19.0. The molecule has 1 heterocycles. The molecule has 2 aromatic rings.